The lowest BCUT2D eigenvalue weighted by Gasteiger charge is -2.50. The number of nitrogens with one attached hydrogen (secondary N) is 1. The number of phenolic OH excluding ortho intramolecular Hbond substituents is 1. The van der Waals surface area contributed by atoms with Gasteiger partial charge in [-0.1, -0.05) is 65.7 Å². The fraction of sp³-hybridized carbons (Fsp3) is 0.306. The molecular weight excluding hydrogens is 602 g/mol. The van der Waals surface area contributed by atoms with E-state index in [0.29, 0.717) is 27.3 Å². The van der Waals surface area contributed by atoms with Crippen LogP contribution in [0.3, 0.4) is 0 Å². The van der Waals surface area contributed by atoms with Gasteiger partial charge >= 0.3 is 6.09 Å². The predicted octanol–water partition coefficient (Wildman–Crippen LogP) is 4.46. The van der Waals surface area contributed by atoms with Crippen LogP contribution in [-0.4, -0.2) is 59.0 Å². The number of methoxy groups -OCH3 is 2. The minimum absolute atomic E-state index is 0.0746. The van der Waals surface area contributed by atoms with E-state index in [9.17, 15) is 24.3 Å². The number of amides is 5. The van der Waals surface area contributed by atoms with Gasteiger partial charge in [-0.15, -0.1) is 0 Å². The Kier molecular flexibility index (Phi) is 7.14. The van der Waals surface area contributed by atoms with Crippen molar-refractivity contribution in [2.24, 2.45) is 23.7 Å². The second-order valence-electron chi connectivity index (χ2n) is 12.5. The summed E-state index contributed by atoms with van der Waals surface area (Å²) >= 11 is 0. The second kappa shape index (κ2) is 11.1. The van der Waals surface area contributed by atoms with Crippen molar-refractivity contribution in [2.45, 2.75) is 31.1 Å². The van der Waals surface area contributed by atoms with Crippen molar-refractivity contribution in [3.8, 4) is 11.5 Å². The zero-order valence-electron chi connectivity index (χ0n) is 26.0. The van der Waals surface area contributed by atoms with E-state index < -0.39 is 64.7 Å². The van der Waals surface area contributed by atoms with Crippen LogP contribution in [0.4, 0.5) is 10.5 Å². The normalized spacial score (nSPS) is 28.0. The Balaban J connectivity index is 1.45. The molecule has 0 radical (unpaired) electrons. The van der Waals surface area contributed by atoms with E-state index in [-0.39, 0.29) is 24.3 Å². The number of hydrogen-bond donors (Lipinski definition) is 2. The van der Waals surface area contributed by atoms with Crippen LogP contribution < -0.4 is 10.2 Å². The highest BCUT2D eigenvalue weighted by Gasteiger charge is 2.70. The summed E-state index contributed by atoms with van der Waals surface area (Å²) in [6.07, 6.45) is 1.04. The van der Waals surface area contributed by atoms with Crippen molar-refractivity contribution in [1.82, 2.24) is 9.91 Å². The fourth-order valence-electron chi connectivity index (χ4n) is 8.28. The number of hydrogen-bond acceptors (Lipinski definition) is 9. The molecule has 6 unspecified atom stereocenters. The van der Waals surface area contributed by atoms with E-state index in [1.54, 1.807) is 24.3 Å². The van der Waals surface area contributed by atoms with Gasteiger partial charge in [0.15, 0.2) is 11.5 Å². The summed E-state index contributed by atoms with van der Waals surface area (Å²) in [4.78, 5) is 70.0. The van der Waals surface area contributed by atoms with Gasteiger partial charge in [0.1, 0.15) is 0 Å². The van der Waals surface area contributed by atoms with Crippen LogP contribution >= 0.6 is 0 Å². The molecule has 2 aliphatic heterocycles. The van der Waals surface area contributed by atoms with Crippen molar-refractivity contribution in [2.75, 3.05) is 19.6 Å². The number of carbonyl (C=O) groups is 5. The maximum absolute atomic E-state index is 15.1. The molecule has 47 heavy (non-hydrogen) atoms. The number of fused-ring (bicyclic) bond motifs is 4. The van der Waals surface area contributed by atoms with Crippen LogP contribution in [0.25, 0.3) is 0 Å². The molecule has 2 aliphatic carbocycles. The monoisotopic (exact) mass is 635 g/mol. The molecule has 2 N–H and O–H groups in total. The zero-order chi connectivity index (χ0) is 33.2. The second-order valence-corrected chi connectivity index (χ2v) is 12.5. The molecule has 3 aromatic carbocycles. The summed E-state index contributed by atoms with van der Waals surface area (Å²) in [6, 6.07) is 21.2. The van der Waals surface area contributed by atoms with Gasteiger partial charge in [-0.3, -0.25) is 24.6 Å². The van der Waals surface area contributed by atoms with Crippen molar-refractivity contribution >= 4 is 35.4 Å². The summed E-state index contributed by atoms with van der Waals surface area (Å²) in [6.45, 7) is 1.93. The molecular formula is C36H33N3O8. The quantitative estimate of drug-likeness (QED) is 0.307. The molecule has 2 heterocycles. The van der Waals surface area contributed by atoms with Crippen LogP contribution in [0.15, 0.2) is 84.4 Å². The molecule has 0 aromatic heterocycles. The average Bonchev–Trinajstić information content (AvgIpc) is 3.46. The zero-order valence-corrected chi connectivity index (χ0v) is 26.0. The molecule has 6 atom stereocenters. The van der Waals surface area contributed by atoms with Crippen LogP contribution in [-0.2, 0) is 29.3 Å². The predicted molar refractivity (Wildman–Crippen MR) is 168 cm³/mol. The molecule has 3 fully saturated rings. The summed E-state index contributed by atoms with van der Waals surface area (Å²) < 4.78 is 10.1. The van der Waals surface area contributed by atoms with Crippen LogP contribution in [0.1, 0.15) is 35.4 Å². The number of benzene rings is 3. The van der Waals surface area contributed by atoms with Gasteiger partial charge in [-0.2, -0.15) is 9.91 Å². The molecule has 0 bridgehead atoms. The Bertz CT molecular complexity index is 1860. The first-order valence-corrected chi connectivity index (χ1v) is 15.4. The van der Waals surface area contributed by atoms with E-state index in [4.69, 9.17) is 9.47 Å². The molecule has 0 spiro atoms. The third kappa shape index (κ3) is 4.29. The van der Waals surface area contributed by atoms with Crippen LogP contribution in [0, 0.1) is 30.6 Å². The first kappa shape index (κ1) is 30.2. The van der Waals surface area contributed by atoms with Crippen molar-refractivity contribution in [3.63, 3.8) is 0 Å². The van der Waals surface area contributed by atoms with Crippen LogP contribution in [0.5, 0.6) is 11.5 Å². The van der Waals surface area contributed by atoms with Gasteiger partial charge in [0, 0.05) is 5.92 Å². The first-order chi connectivity index (χ1) is 22.6. The van der Waals surface area contributed by atoms with Gasteiger partial charge in [0.2, 0.25) is 11.8 Å². The number of aryl methyl sites for hydroxylation is 1. The number of phenols is 1. The lowest BCUT2D eigenvalue weighted by Crippen LogP contribution is -2.53. The molecule has 5 amide bonds. The van der Waals surface area contributed by atoms with E-state index in [2.05, 4.69) is 5.43 Å². The Morgan fingerprint density at radius 3 is 2.30 bits per heavy atom. The highest BCUT2D eigenvalue weighted by Crippen LogP contribution is 2.64. The molecule has 2 saturated heterocycles. The minimum atomic E-state index is -1.49. The van der Waals surface area contributed by atoms with E-state index in [1.807, 2.05) is 55.5 Å². The molecule has 3 aromatic rings. The Hall–Kier alpha value is -5.45. The number of nitrogens with zero attached hydrogens (tertiary/aromatic N) is 2. The minimum Gasteiger partial charge on any atom is -0.504 e. The summed E-state index contributed by atoms with van der Waals surface area (Å²) in [5.41, 5.74) is 4.94. The molecule has 240 valence electrons. The Morgan fingerprint density at radius 1 is 0.915 bits per heavy atom. The maximum Gasteiger partial charge on any atom is 0.423 e. The number of hydrazine groups is 1. The summed E-state index contributed by atoms with van der Waals surface area (Å²) in [7, 11) is 2.54. The number of allylic oxidation sites excluding steroid dienone is 2. The summed E-state index contributed by atoms with van der Waals surface area (Å²) in [5.74, 6) is -6.44. The van der Waals surface area contributed by atoms with Gasteiger partial charge in [0.05, 0.1) is 43.1 Å². The smallest absolute Gasteiger partial charge is 0.423 e. The molecule has 7 rings (SSSR count). The van der Waals surface area contributed by atoms with Crippen LogP contribution in [0.2, 0.25) is 0 Å². The lowest BCUT2D eigenvalue weighted by molar-refractivity contribution is -0.140. The Labute approximate surface area is 270 Å². The molecule has 4 aliphatic rings. The van der Waals surface area contributed by atoms with E-state index in [1.165, 1.54) is 13.2 Å². The maximum atomic E-state index is 15.1. The fourth-order valence-corrected chi connectivity index (χ4v) is 8.28. The van der Waals surface area contributed by atoms with Gasteiger partial charge < -0.3 is 14.6 Å². The number of carbonyl (C=O) groups excluding carboxylic acids is 5. The average molecular weight is 636 g/mol. The SMILES string of the molecule is COC(=O)N1C(=O)C2CC=C3C(CC4C(=O)N(Nc5ccc(C)cc5)C(=O)C4(c4ccccc4)C3c3ccc(OC)c(O)c3)C2C1=O. The van der Waals surface area contributed by atoms with Crippen molar-refractivity contribution in [1.29, 1.82) is 0 Å². The highest BCUT2D eigenvalue weighted by atomic mass is 16.5. The van der Waals surface area contributed by atoms with Gasteiger partial charge in [0.25, 0.3) is 11.8 Å². The largest absolute Gasteiger partial charge is 0.504 e. The molecule has 1 saturated carbocycles. The topological polar surface area (TPSA) is 143 Å². The summed E-state index contributed by atoms with van der Waals surface area (Å²) in [5, 5.41) is 12.0. The van der Waals surface area contributed by atoms with Gasteiger partial charge in [-0.05, 0) is 61.1 Å². The third-order valence-corrected chi connectivity index (χ3v) is 10.3. The number of aromatic hydroxyl groups is 1. The van der Waals surface area contributed by atoms with E-state index >= 15 is 4.79 Å². The molecule has 11 heteroatoms. The standard InChI is InChI=1S/C36H33N3O8/c1-19-9-12-22(13-10-19)37-39-32(42)26-18-25-23(14-15-24-29(25)33(43)38(31(24)41)35(45)47-3)30(20-11-16-28(46-2)27(40)17-20)36(26,34(39)44)21-7-5-4-6-8-21/h4-14,16-17,24-26,29-30,37,40H,15,18H2,1-3H3. The number of imide groups is 4. The third-order valence-electron chi connectivity index (χ3n) is 10.3. The van der Waals surface area contributed by atoms with Gasteiger partial charge in [-0.25, -0.2) is 4.79 Å². The molecule has 11 nitrogen and oxygen atoms in total. The highest BCUT2D eigenvalue weighted by molar-refractivity contribution is 6.16. The van der Waals surface area contributed by atoms with E-state index in [0.717, 1.165) is 17.7 Å². The number of likely N-dealkylation sites (tertiary alicyclic amines) is 1. The van der Waals surface area contributed by atoms with Crippen molar-refractivity contribution < 1.29 is 38.6 Å². The Morgan fingerprint density at radius 2 is 1.64 bits per heavy atom. The number of anilines is 1. The number of ether oxygens (including phenoxy) is 2. The lowest BCUT2D eigenvalue weighted by atomic mass is 9.49. The number of rotatable bonds is 5. The van der Waals surface area contributed by atoms with Crippen molar-refractivity contribution in [3.05, 3.63) is 101 Å². The first-order valence-electron chi connectivity index (χ1n) is 15.4.